The standard InChI is InChI=1S/C20H19N5O2S/c1-26-14-8-6-13(7-9-14)10-22-27-11-17-23-19-18-15-4-2-3-5-16(15)28-20(18)21-12-25(19)24-17/h6-10,12H,2-5,11H2,1H3/b22-10-. The van der Waals surface area contributed by atoms with Crippen molar-refractivity contribution in [1.82, 2.24) is 19.6 Å². The second-order valence-corrected chi connectivity index (χ2v) is 7.80. The number of fused-ring (bicyclic) bond motifs is 5. The Morgan fingerprint density at radius 1 is 1.21 bits per heavy atom. The summed E-state index contributed by atoms with van der Waals surface area (Å²) in [5, 5.41) is 9.66. The number of methoxy groups -OCH3 is 1. The summed E-state index contributed by atoms with van der Waals surface area (Å²) in [5.41, 5.74) is 3.20. The third-order valence-corrected chi connectivity index (χ3v) is 6.12. The molecule has 8 heteroatoms. The highest BCUT2D eigenvalue weighted by Gasteiger charge is 2.20. The van der Waals surface area contributed by atoms with Crippen LogP contribution in [0.4, 0.5) is 0 Å². The molecular formula is C20H19N5O2S. The molecule has 0 saturated carbocycles. The lowest BCUT2D eigenvalue weighted by atomic mass is 9.97. The summed E-state index contributed by atoms with van der Waals surface area (Å²) in [7, 11) is 1.64. The van der Waals surface area contributed by atoms with Gasteiger partial charge in [-0.1, -0.05) is 5.16 Å². The highest BCUT2D eigenvalue weighted by molar-refractivity contribution is 7.19. The number of aromatic nitrogens is 4. The van der Waals surface area contributed by atoms with Crippen molar-refractivity contribution in [1.29, 1.82) is 0 Å². The van der Waals surface area contributed by atoms with E-state index in [9.17, 15) is 0 Å². The molecule has 0 atom stereocenters. The Morgan fingerprint density at radius 3 is 2.93 bits per heavy atom. The molecule has 3 heterocycles. The average Bonchev–Trinajstić information content (AvgIpc) is 3.32. The van der Waals surface area contributed by atoms with Gasteiger partial charge in [-0.3, -0.25) is 0 Å². The van der Waals surface area contributed by atoms with Crippen LogP contribution in [0.1, 0.15) is 34.7 Å². The Balaban J connectivity index is 1.35. The van der Waals surface area contributed by atoms with Crippen molar-refractivity contribution in [2.75, 3.05) is 7.11 Å². The number of rotatable bonds is 5. The Kier molecular flexibility index (Phi) is 4.40. The van der Waals surface area contributed by atoms with Gasteiger partial charge in [0.1, 0.15) is 16.9 Å². The van der Waals surface area contributed by atoms with E-state index in [2.05, 4.69) is 15.2 Å². The predicted molar refractivity (Wildman–Crippen MR) is 108 cm³/mol. The predicted octanol–water partition coefficient (Wildman–Crippen LogP) is 3.78. The molecule has 0 bridgehead atoms. The molecule has 5 rings (SSSR count). The quantitative estimate of drug-likeness (QED) is 0.381. The van der Waals surface area contributed by atoms with Gasteiger partial charge in [-0.05, 0) is 61.1 Å². The van der Waals surface area contributed by atoms with Crippen LogP contribution < -0.4 is 4.74 Å². The first kappa shape index (κ1) is 17.1. The molecule has 0 saturated heterocycles. The third-order valence-electron chi connectivity index (χ3n) is 4.92. The van der Waals surface area contributed by atoms with Gasteiger partial charge in [-0.25, -0.2) is 14.5 Å². The van der Waals surface area contributed by atoms with E-state index >= 15 is 0 Å². The third kappa shape index (κ3) is 3.09. The Labute approximate surface area is 165 Å². The number of nitrogens with zero attached hydrogens (tertiary/aromatic N) is 5. The van der Waals surface area contributed by atoms with Crippen LogP contribution in [0.25, 0.3) is 15.9 Å². The lowest BCUT2D eigenvalue weighted by molar-refractivity contribution is 0.126. The Morgan fingerprint density at radius 2 is 2.07 bits per heavy atom. The number of aryl methyl sites for hydroxylation is 2. The zero-order valence-electron chi connectivity index (χ0n) is 15.5. The van der Waals surface area contributed by atoms with Crippen LogP contribution in [0.5, 0.6) is 5.75 Å². The fraction of sp³-hybridized carbons (Fsp3) is 0.300. The average molecular weight is 393 g/mol. The Bertz CT molecular complexity index is 1160. The molecule has 3 aromatic heterocycles. The summed E-state index contributed by atoms with van der Waals surface area (Å²) < 4.78 is 6.89. The molecule has 28 heavy (non-hydrogen) atoms. The minimum absolute atomic E-state index is 0.210. The van der Waals surface area contributed by atoms with Gasteiger partial charge < -0.3 is 9.57 Å². The molecule has 0 N–H and O–H groups in total. The van der Waals surface area contributed by atoms with Crippen molar-refractivity contribution in [2.24, 2.45) is 5.16 Å². The van der Waals surface area contributed by atoms with Crippen molar-refractivity contribution in [3.63, 3.8) is 0 Å². The molecule has 0 fully saturated rings. The first-order chi connectivity index (χ1) is 13.8. The van der Waals surface area contributed by atoms with Gasteiger partial charge >= 0.3 is 0 Å². The molecule has 1 aliphatic rings. The number of thiophene rings is 1. The maximum atomic E-state index is 5.40. The van der Waals surface area contributed by atoms with Gasteiger partial charge in [0.15, 0.2) is 18.1 Å². The largest absolute Gasteiger partial charge is 0.497 e. The van der Waals surface area contributed by atoms with Crippen LogP contribution in [0, 0.1) is 0 Å². The van der Waals surface area contributed by atoms with Crippen LogP contribution in [-0.4, -0.2) is 32.9 Å². The summed E-state index contributed by atoms with van der Waals surface area (Å²) in [6.07, 6.45) is 8.12. The summed E-state index contributed by atoms with van der Waals surface area (Å²) in [5.74, 6) is 1.40. The van der Waals surface area contributed by atoms with E-state index in [1.807, 2.05) is 24.3 Å². The summed E-state index contributed by atoms with van der Waals surface area (Å²) in [6, 6.07) is 7.59. The molecule has 142 valence electrons. The lowest BCUT2D eigenvalue weighted by Crippen LogP contribution is -1.99. The van der Waals surface area contributed by atoms with Crippen LogP contribution in [0.15, 0.2) is 35.7 Å². The van der Waals surface area contributed by atoms with Gasteiger partial charge in [0.05, 0.1) is 18.7 Å². The number of hydrogen-bond acceptors (Lipinski definition) is 7. The van der Waals surface area contributed by atoms with E-state index in [1.165, 1.54) is 23.3 Å². The normalized spacial score (nSPS) is 14.0. The molecule has 7 nitrogen and oxygen atoms in total. The molecule has 4 aromatic rings. The maximum absolute atomic E-state index is 5.40. The number of ether oxygens (including phenoxy) is 1. The first-order valence-electron chi connectivity index (χ1n) is 9.26. The minimum Gasteiger partial charge on any atom is -0.497 e. The van der Waals surface area contributed by atoms with E-state index < -0.39 is 0 Å². The first-order valence-corrected chi connectivity index (χ1v) is 10.1. The van der Waals surface area contributed by atoms with Crippen LogP contribution >= 0.6 is 11.3 Å². The van der Waals surface area contributed by atoms with Crippen molar-refractivity contribution in [3.05, 3.63) is 52.4 Å². The van der Waals surface area contributed by atoms with E-state index in [-0.39, 0.29) is 6.61 Å². The topological polar surface area (TPSA) is 73.9 Å². The SMILES string of the molecule is COc1ccc(/C=N\OCc2nc3c4c5c(sc4ncn3n2)CCCC5)cc1. The van der Waals surface area contributed by atoms with Crippen LogP contribution in [0.3, 0.4) is 0 Å². The molecule has 0 radical (unpaired) electrons. The van der Waals surface area contributed by atoms with Gasteiger partial charge in [0.2, 0.25) is 0 Å². The number of benzene rings is 1. The fourth-order valence-electron chi connectivity index (χ4n) is 3.54. The van der Waals surface area contributed by atoms with Crippen molar-refractivity contribution < 1.29 is 9.57 Å². The molecule has 1 aliphatic carbocycles. The molecule has 0 spiro atoms. The highest BCUT2D eigenvalue weighted by atomic mass is 32.1. The molecule has 0 amide bonds. The zero-order chi connectivity index (χ0) is 18.9. The van der Waals surface area contributed by atoms with Crippen molar-refractivity contribution in [2.45, 2.75) is 32.3 Å². The highest BCUT2D eigenvalue weighted by Crippen LogP contribution is 2.36. The molecule has 0 unspecified atom stereocenters. The molecule has 0 aliphatic heterocycles. The van der Waals surface area contributed by atoms with E-state index in [0.29, 0.717) is 5.82 Å². The van der Waals surface area contributed by atoms with Gasteiger partial charge in [0, 0.05) is 4.88 Å². The summed E-state index contributed by atoms with van der Waals surface area (Å²) >= 11 is 1.79. The summed E-state index contributed by atoms with van der Waals surface area (Å²) in [4.78, 5) is 17.2. The second kappa shape index (κ2) is 7.20. The van der Waals surface area contributed by atoms with Gasteiger partial charge in [-0.15, -0.1) is 16.4 Å². The van der Waals surface area contributed by atoms with Crippen molar-refractivity contribution in [3.8, 4) is 5.75 Å². The molecule has 1 aromatic carbocycles. The summed E-state index contributed by atoms with van der Waals surface area (Å²) in [6.45, 7) is 0.210. The minimum atomic E-state index is 0.210. The smallest absolute Gasteiger partial charge is 0.192 e. The van der Waals surface area contributed by atoms with E-state index in [4.69, 9.17) is 14.6 Å². The number of hydrogen-bond donors (Lipinski definition) is 0. The van der Waals surface area contributed by atoms with Gasteiger partial charge in [-0.2, -0.15) is 0 Å². The second-order valence-electron chi connectivity index (χ2n) is 6.71. The molecular weight excluding hydrogens is 374 g/mol. The van der Waals surface area contributed by atoms with Crippen LogP contribution in [0.2, 0.25) is 0 Å². The Hall–Kier alpha value is -3.00. The number of oxime groups is 1. The van der Waals surface area contributed by atoms with Crippen LogP contribution in [-0.2, 0) is 24.3 Å². The van der Waals surface area contributed by atoms with E-state index in [0.717, 1.165) is 40.0 Å². The van der Waals surface area contributed by atoms with E-state index in [1.54, 1.807) is 35.5 Å². The maximum Gasteiger partial charge on any atom is 0.192 e. The fourth-order valence-corrected chi connectivity index (χ4v) is 4.77. The lowest BCUT2D eigenvalue weighted by Gasteiger charge is -2.09. The zero-order valence-corrected chi connectivity index (χ0v) is 16.3. The monoisotopic (exact) mass is 393 g/mol. The van der Waals surface area contributed by atoms with Crippen molar-refractivity contribution >= 4 is 33.4 Å². The van der Waals surface area contributed by atoms with Gasteiger partial charge in [0.25, 0.3) is 0 Å².